The number of hydrogen-bond acceptors (Lipinski definition) is 1. The second kappa shape index (κ2) is 10.5. The van der Waals surface area contributed by atoms with E-state index in [9.17, 15) is 4.79 Å². The fourth-order valence-corrected chi connectivity index (χ4v) is 1.73. The van der Waals surface area contributed by atoms with Crippen molar-refractivity contribution in [2.24, 2.45) is 15.7 Å². The van der Waals surface area contributed by atoms with Gasteiger partial charge in [0.1, 0.15) is 0 Å². The third-order valence-electron chi connectivity index (χ3n) is 2.85. The van der Waals surface area contributed by atoms with Gasteiger partial charge in [0.05, 0.1) is 0 Å². The highest BCUT2D eigenvalue weighted by atomic mass is 16.1. The minimum atomic E-state index is -0.403. The molecule has 0 unspecified atom stereocenters. The summed E-state index contributed by atoms with van der Waals surface area (Å²) in [7, 11) is 0. The van der Waals surface area contributed by atoms with Crippen LogP contribution in [0.25, 0.3) is 6.08 Å². The third kappa shape index (κ3) is 8.52. The van der Waals surface area contributed by atoms with Crippen molar-refractivity contribution < 1.29 is 4.79 Å². The Morgan fingerprint density at radius 3 is 2.67 bits per heavy atom. The number of guanidine groups is 1. The van der Waals surface area contributed by atoms with Gasteiger partial charge in [-0.05, 0) is 24.5 Å². The molecule has 1 aromatic carbocycles. The van der Waals surface area contributed by atoms with Crippen LogP contribution in [0.3, 0.4) is 0 Å². The number of nitrogens with two attached hydrogens (primary N) is 1. The van der Waals surface area contributed by atoms with E-state index < -0.39 is 5.91 Å². The third-order valence-corrected chi connectivity index (χ3v) is 2.85. The summed E-state index contributed by atoms with van der Waals surface area (Å²) in [5, 5.41) is 0. The van der Waals surface area contributed by atoms with E-state index in [4.69, 9.17) is 5.73 Å². The molecule has 0 aliphatic carbocycles. The van der Waals surface area contributed by atoms with Crippen molar-refractivity contribution in [1.82, 2.24) is 0 Å². The number of carbonyl (C=O) groups is 1. The summed E-state index contributed by atoms with van der Waals surface area (Å²) in [5.74, 6) is -0.396. The molecule has 1 aromatic rings. The first-order valence-corrected chi connectivity index (χ1v) is 7.36. The molecular formula is C17H23N3O. The minimum Gasteiger partial charge on any atom is -0.368 e. The largest absolute Gasteiger partial charge is 0.368 e. The summed E-state index contributed by atoms with van der Waals surface area (Å²) >= 11 is 0. The van der Waals surface area contributed by atoms with Gasteiger partial charge in [0.2, 0.25) is 5.96 Å². The maximum atomic E-state index is 11.6. The van der Waals surface area contributed by atoms with Crippen molar-refractivity contribution in [2.75, 3.05) is 0 Å². The maximum Gasteiger partial charge on any atom is 0.272 e. The monoisotopic (exact) mass is 285 g/mol. The lowest BCUT2D eigenvalue weighted by molar-refractivity contribution is -0.113. The van der Waals surface area contributed by atoms with Gasteiger partial charge in [0.15, 0.2) is 0 Å². The van der Waals surface area contributed by atoms with Gasteiger partial charge in [-0.15, -0.1) is 0 Å². The lowest BCUT2D eigenvalue weighted by Crippen LogP contribution is -2.10. The predicted octanol–water partition coefficient (Wildman–Crippen LogP) is 3.58. The second-order valence-electron chi connectivity index (χ2n) is 4.71. The molecule has 4 heteroatoms. The van der Waals surface area contributed by atoms with Crippen LogP contribution in [0, 0.1) is 0 Å². The Balaban J connectivity index is 2.37. The SMILES string of the molecule is CCCCCCC=NC(N)=NC(=O)C=Cc1ccccc1. The van der Waals surface area contributed by atoms with E-state index in [0.717, 1.165) is 18.4 Å². The van der Waals surface area contributed by atoms with Crippen molar-refractivity contribution in [3.05, 3.63) is 42.0 Å². The van der Waals surface area contributed by atoms with E-state index in [1.54, 1.807) is 12.3 Å². The second-order valence-corrected chi connectivity index (χ2v) is 4.71. The van der Waals surface area contributed by atoms with E-state index in [-0.39, 0.29) is 5.96 Å². The molecule has 0 saturated heterocycles. The van der Waals surface area contributed by atoms with Crippen LogP contribution in [0.5, 0.6) is 0 Å². The number of benzene rings is 1. The zero-order valence-corrected chi connectivity index (χ0v) is 12.5. The Kier molecular flexibility index (Phi) is 8.45. The molecule has 0 aliphatic rings. The number of unbranched alkanes of at least 4 members (excludes halogenated alkanes) is 4. The van der Waals surface area contributed by atoms with Gasteiger partial charge in [0.25, 0.3) is 5.91 Å². The molecule has 0 aliphatic heterocycles. The Morgan fingerprint density at radius 2 is 1.95 bits per heavy atom. The van der Waals surface area contributed by atoms with Crippen molar-refractivity contribution in [1.29, 1.82) is 0 Å². The van der Waals surface area contributed by atoms with Gasteiger partial charge < -0.3 is 5.73 Å². The van der Waals surface area contributed by atoms with Gasteiger partial charge in [0, 0.05) is 12.3 Å². The molecule has 0 spiro atoms. The summed E-state index contributed by atoms with van der Waals surface area (Å²) in [6.45, 7) is 2.17. The maximum absolute atomic E-state index is 11.6. The summed E-state index contributed by atoms with van der Waals surface area (Å²) in [6.07, 6.45) is 10.4. The summed E-state index contributed by atoms with van der Waals surface area (Å²) < 4.78 is 0. The first-order chi connectivity index (χ1) is 10.2. The van der Waals surface area contributed by atoms with Crippen LogP contribution in [0.15, 0.2) is 46.4 Å². The van der Waals surface area contributed by atoms with Crippen molar-refractivity contribution in [3.8, 4) is 0 Å². The Bertz CT molecular complexity index is 504. The molecule has 0 bridgehead atoms. The van der Waals surface area contributed by atoms with Crippen molar-refractivity contribution >= 4 is 24.2 Å². The molecule has 112 valence electrons. The lowest BCUT2D eigenvalue weighted by atomic mass is 10.2. The Hall–Kier alpha value is -2.23. The average molecular weight is 285 g/mol. The van der Waals surface area contributed by atoms with Crippen molar-refractivity contribution in [2.45, 2.75) is 39.0 Å². The number of nitrogens with zero attached hydrogens (tertiary/aromatic N) is 2. The summed E-state index contributed by atoms with van der Waals surface area (Å²) in [4.78, 5) is 19.2. The standard InChI is InChI=1S/C17H23N3O/c1-2-3-4-5-9-14-19-17(18)20-16(21)13-12-15-10-7-6-8-11-15/h6-8,10-14H,2-5,9H2,1H3,(H2,18,20,21). The summed E-state index contributed by atoms with van der Waals surface area (Å²) in [6, 6.07) is 9.55. The molecule has 0 aromatic heterocycles. The van der Waals surface area contributed by atoms with Gasteiger partial charge >= 0.3 is 0 Å². The van der Waals surface area contributed by atoms with Gasteiger partial charge in [-0.3, -0.25) is 4.79 Å². The smallest absolute Gasteiger partial charge is 0.272 e. The summed E-state index contributed by atoms with van der Waals surface area (Å²) in [5.41, 5.74) is 6.53. The van der Waals surface area contributed by atoms with Crippen LogP contribution < -0.4 is 5.73 Å². The van der Waals surface area contributed by atoms with Gasteiger partial charge in [-0.1, -0.05) is 56.5 Å². The minimum absolute atomic E-state index is 0.00760. The molecular weight excluding hydrogens is 262 g/mol. The molecule has 1 rings (SSSR count). The molecule has 0 saturated carbocycles. The number of aliphatic imine (C=N–C) groups is 2. The van der Waals surface area contributed by atoms with E-state index in [0.29, 0.717) is 0 Å². The van der Waals surface area contributed by atoms with E-state index in [2.05, 4.69) is 16.9 Å². The number of amides is 1. The van der Waals surface area contributed by atoms with E-state index in [1.807, 2.05) is 30.3 Å². The van der Waals surface area contributed by atoms with Crippen LogP contribution >= 0.6 is 0 Å². The molecule has 4 nitrogen and oxygen atoms in total. The molecule has 21 heavy (non-hydrogen) atoms. The van der Waals surface area contributed by atoms with Crippen LogP contribution in [0.1, 0.15) is 44.6 Å². The van der Waals surface area contributed by atoms with E-state index >= 15 is 0 Å². The van der Waals surface area contributed by atoms with E-state index in [1.165, 1.54) is 25.3 Å². The average Bonchev–Trinajstić information content (AvgIpc) is 2.50. The zero-order chi connectivity index (χ0) is 15.3. The highest BCUT2D eigenvalue weighted by molar-refractivity contribution is 6.01. The van der Waals surface area contributed by atoms with Crippen LogP contribution in [0.2, 0.25) is 0 Å². The number of rotatable bonds is 7. The first-order valence-electron chi connectivity index (χ1n) is 7.36. The fraction of sp³-hybridized carbons (Fsp3) is 0.353. The quantitative estimate of drug-likeness (QED) is 0.360. The Morgan fingerprint density at radius 1 is 1.19 bits per heavy atom. The van der Waals surface area contributed by atoms with Gasteiger partial charge in [-0.25, -0.2) is 4.99 Å². The fourth-order valence-electron chi connectivity index (χ4n) is 1.73. The topological polar surface area (TPSA) is 67.8 Å². The van der Waals surface area contributed by atoms with Crippen LogP contribution in [0.4, 0.5) is 0 Å². The predicted molar refractivity (Wildman–Crippen MR) is 89.4 cm³/mol. The first kappa shape index (κ1) is 16.8. The Labute approximate surface area is 126 Å². The highest BCUT2D eigenvalue weighted by Crippen LogP contribution is 2.01. The van der Waals surface area contributed by atoms with Crippen LogP contribution in [-0.2, 0) is 4.79 Å². The normalized spacial score (nSPS) is 12.3. The molecule has 2 N–H and O–H groups in total. The highest BCUT2D eigenvalue weighted by Gasteiger charge is 1.94. The molecule has 0 radical (unpaired) electrons. The lowest BCUT2D eigenvalue weighted by Gasteiger charge is -1.94. The molecule has 0 atom stereocenters. The molecule has 0 fully saturated rings. The van der Waals surface area contributed by atoms with Gasteiger partial charge in [-0.2, -0.15) is 4.99 Å². The molecule has 0 heterocycles. The molecule has 1 amide bonds. The van der Waals surface area contributed by atoms with Crippen LogP contribution in [-0.4, -0.2) is 18.1 Å². The number of hydrogen-bond donors (Lipinski definition) is 1. The van der Waals surface area contributed by atoms with Crippen molar-refractivity contribution in [3.63, 3.8) is 0 Å². The number of carbonyl (C=O) groups excluding carboxylic acids is 1. The zero-order valence-electron chi connectivity index (χ0n) is 12.5.